The molecule has 2 aromatic carbocycles. The Morgan fingerprint density at radius 3 is 2.76 bits per heavy atom. The summed E-state index contributed by atoms with van der Waals surface area (Å²) < 4.78 is 34.1. The quantitative estimate of drug-likeness (QED) is 0.544. The van der Waals surface area contributed by atoms with Crippen molar-refractivity contribution in [2.45, 2.75) is 6.42 Å². The molecule has 0 saturated carbocycles. The Morgan fingerprint density at radius 2 is 2.00 bits per heavy atom. The number of fused-ring (bicyclic) bond motifs is 1. The van der Waals surface area contributed by atoms with E-state index >= 15 is 0 Å². The van der Waals surface area contributed by atoms with Gasteiger partial charge in [0.2, 0.25) is 5.91 Å². The molecule has 5 nitrogen and oxygen atoms in total. The predicted molar refractivity (Wildman–Crippen MR) is 106 cm³/mol. The lowest BCUT2D eigenvalue weighted by atomic mass is 10.1. The van der Waals surface area contributed by atoms with E-state index in [0.717, 1.165) is 29.0 Å². The van der Waals surface area contributed by atoms with Crippen molar-refractivity contribution in [3.63, 3.8) is 0 Å². The molecule has 4 aromatic rings. The second kappa shape index (κ2) is 7.71. The van der Waals surface area contributed by atoms with Crippen LogP contribution in [0.5, 0.6) is 5.75 Å². The molecule has 0 atom stereocenters. The minimum absolute atomic E-state index is 0.111. The van der Waals surface area contributed by atoms with Crippen LogP contribution >= 0.6 is 0 Å². The number of benzene rings is 2. The number of halogens is 2. The summed E-state index contributed by atoms with van der Waals surface area (Å²) in [4.78, 5) is 17.0. The summed E-state index contributed by atoms with van der Waals surface area (Å²) in [5.74, 6) is -1.43. The number of aromatic nitrogens is 2. The third kappa shape index (κ3) is 3.94. The smallest absolute Gasteiger partial charge is 0.229 e. The maximum Gasteiger partial charge on any atom is 0.229 e. The van der Waals surface area contributed by atoms with Gasteiger partial charge < -0.3 is 14.5 Å². The Balaban J connectivity index is 1.60. The Bertz CT molecular complexity index is 1170. The van der Waals surface area contributed by atoms with Crippen LogP contribution in [0.15, 0.2) is 67.0 Å². The molecule has 2 heterocycles. The molecule has 0 aliphatic rings. The van der Waals surface area contributed by atoms with E-state index in [-0.39, 0.29) is 12.0 Å². The number of imidazole rings is 1. The van der Waals surface area contributed by atoms with Gasteiger partial charge in [0.1, 0.15) is 23.0 Å². The van der Waals surface area contributed by atoms with E-state index in [1.54, 1.807) is 12.1 Å². The summed E-state index contributed by atoms with van der Waals surface area (Å²) in [5.41, 5.74) is 2.88. The second-order valence-electron chi connectivity index (χ2n) is 6.47. The lowest BCUT2D eigenvalue weighted by molar-refractivity contribution is -0.115. The highest BCUT2D eigenvalue weighted by atomic mass is 19.1. The maximum atomic E-state index is 13.8. The predicted octanol–water partition coefficient (Wildman–Crippen LogP) is 4.47. The number of hydrogen-bond acceptors (Lipinski definition) is 3. The van der Waals surface area contributed by atoms with Crippen LogP contribution in [0.3, 0.4) is 0 Å². The van der Waals surface area contributed by atoms with Gasteiger partial charge in [0.25, 0.3) is 0 Å². The third-order valence-electron chi connectivity index (χ3n) is 4.50. The normalized spacial score (nSPS) is 10.9. The molecule has 0 spiro atoms. The van der Waals surface area contributed by atoms with Gasteiger partial charge in [-0.3, -0.25) is 4.79 Å². The highest BCUT2D eigenvalue weighted by Crippen LogP contribution is 2.30. The lowest BCUT2D eigenvalue weighted by Gasteiger charge is -2.12. The SMILES string of the molecule is COc1ccc(-c2cn3ccccc3n2)cc1NC(=O)Cc1ccc(F)cc1F. The first kappa shape index (κ1) is 18.6. The van der Waals surface area contributed by atoms with Crippen LogP contribution in [0.2, 0.25) is 0 Å². The molecule has 0 saturated heterocycles. The Hall–Kier alpha value is -3.74. The van der Waals surface area contributed by atoms with Crippen molar-refractivity contribution < 1.29 is 18.3 Å². The minimum Gasteiger partial charge on any atom is -0.495 e. The number of pyridine rings is 1. The number of hydrogen-bond donors (Lipinski definition) is 1. The van der Waals surface area contributed by atoms with Crippen molar-refractivity contribution in [2.24, 2.45) is 0 Å². The van der Waals surface area contributed by atoms with Gasteiger partial charge in [-0.1, -0.05) is 12.1 Å². The Labute approximate surface area is 165 Å². The van der Waals surface area contributed by atoms with Crippen LogP contribution in [0, 0.1) is 11.6 Å². The molecule has 0 aliphatic carbocycles. The summed E-state index contributed by atoms with van der Waals surface area (Å²) in [6.45, 7) is 0. The van der Waals surface area contributed by atoms with Gasteiger partial charge in [0, 0.05) is 24.0 Å². The van der Waals surface area contributed by atoms with Crippen LogP contribution in [0.25, 0.3) is 16.9 Å². The van der Waals surface area contributed by atoms with Crippen LogP contribution in [0.1, 0.15) is 5.56 Å². The van der Waals surface area contributed by atoms with Crippen molar-refractivity contribution in [3.8, 4) is 17.0 Å². The van der Waals surface area contributed by atoms with E-state index < -0.39 is 17.5 Å². The van der Waals surface area contributed by atoms with Gasteiger partial charge >= 0.3 is 0 Å². The molecular formula is C22H17F2N3O2. The summed E-state index contributed by atoms with van der Waals surface area (Å²) in [6.07, 6.45) is 3.56. The van der Waals surface area contributed by atoms with Gasteiger partial charge in [-0.05, 0) is 42.0 Å². The molecule has 0 unspecified atom stereocenters. The van der Waals surface area contributed by atoms with Crippen LogP contribution in [-0.4, -0.2) is 22.4 Å². The van der Waals surface area contributed by atoms with Crippen LogP contribution < -0.4 is 10.1 Å². The number of amides is 1. The molecule has 4 rings (SSSR count). The first-order valence-electron chi connectivity index (χ1n) is 8.89. The summed E-state index contributed by atoms with van der Waals surface area (Å²) in [5, 5.41) is 2.74. The van der Waals surface area contributed by atoms with Crippen molar-refractivity contribution in [1.82, 2.24) is 9.38 Å². The van der Waals surface area contributed by atoms with Gasteiger partial charge in [-0.25, -0.2) is 13.8 Å². The lowest BCUT2D eigenvalue weighted by Crippen LogP contribution is -2.16. The molecule has 146 valence electrons. The molecule has 0 aliphatic heterocycles. The third-order valence-corrected chi connectivity index (χ3v) is 4.50. The molecular weight excluding hydrogens is 376 g/mol. The average molecular weight is 393 g/mol. The van der Waals surface area contributed by atoms with Crippen LogP contribution in [0.4, 0.5) is 14.5 Å². The zero-order chi connectivity index (χ0) is 20.4. The fraction of sp³-hybridized carbons (Fsp3) is 0.0909. The molecule has 2 aromatic heterocycles. The highest BCUT2D eigenvalue weighted by Gasteiger charge is 2.14. The molecule has 29 heavy (non-hydrogen) atoms. The standard InChI is InChI=1S/C22H17F2N3O2/c1-29-20-8-6-15(19-13-27-9-3-2-4-21(27)25-19)10-18(20)26-22(28)11-14-5-7-16(23)12-17(14)24/h2-10,12-13H,11H2,1H3,(H,26,28). The summed E-state index contributed by atoms with van der Waals surface area (Å²) >= 11 is 0. The zero-order valence-corrected chi connectivity index (χ0v) is 15.5. The van der Waals surface area contributed by atoms with Gasteiger partial charge in [0.15, 0.2) is 0 Å². The zero-order valence-electron chi connectivity index (χ0n) is 15.5. The number of anilines is 1. The van der Waals surface area contributed by atoms with E-state index in [1.165, 1.54) is 13.2 Å². The fourth-order valence-corrected chi connectivity index (χ4v) is 3.07. The highest BCUT2D eigenvalue weighted by molar-refractivity contribution is 5.94. The Morgan fingerprint density at radius 1 is 1.14 bits per heavy atom. The first-order chi connectivity index (χ1) is 14.0. The number of rotatable bonds is 5. The maximum absolute atomic E-state index is 13.8. The number of carbonyl (C=O) groups is 1. The number of ether oxygens (including phenoxy) is 1. The van der Waals surface area contributed by atoms with E-state index in [2.05, 4.69) is 10.3 Å². The number of nitrogens with one attached hydrogen (secondary N) is 1. The van der Waals surface area contributed by atoms with Gasteiger partial charge in [0.05, 0.1) is 24.9 Å². The van der Waals surface area contributed by atoms with E-state index in [4.69, 9.17) is 4.74 Å². The molecule has 7 heteroatoms. The van der Waals surface area contributed by atoms with E-state index in [9.17, 15) is 13.6 Å². The number of nitrogens with zero attached hydrogens (tertiary/aromatic N) is 2. The Kier molecular flexibility index (Phi) is 4.95. The number of carbonyl (C=O) groups excluding carboxylic acids is 1. The van der Waals surface area contributed by atoms with Crippen molar-refractivity contribution in [2.75, 3.05) is 12.4 Å². The summed E-state index contributed by atoms with van der Waals surface area (Å²) in [6, 6.07) is 14.2. The van der Waals surface area contributed by atoms with E-state index in [1.807, 2.05) is 41.1 Å². The molecule has 0 fully saturated rings. The van der Waals surface area contributed by atoms with Crippen molar-refractivity contribution in [3.05, 3.63) is 84.2 Å². The molecule has 1 N–H and O–H groups in total. The topological polar surface area (TPSA) is 55.6 Å². The summed E-state index contributed by atoms with van der Waals surface area (Å²) in [7, 11) is 1.50. The second-order valence-corrected chi connectivity index (χ2v) is 6.47. The van der Waals surface area contributed by atoms with Gasteiger partial charge in [-0.15, -0.1) is 0 Å². The largest absolute Gasteiger partial charge is 0.495 e. The molecule has 0 bridgehead atoms. The molecule has 0 radical (unpaired) electrons. The molecule has 1 amide bonds. The van der Waals surface area contributed by atoms with Gasteiger partial charge in [-0.2, -0.15) is 0 Å². The first-order valence-corrected chi connectivity index (χ1v) is 8.89. The minimum atomic E-state index is -0.759. The van der Waals surface area contributed by atoms with Crippen LogP contribution in [-0.2, 0) is 11.2 Å². The van der Waals surface area contributed by atoms with Crippen molar-refractivity contribution in [1.29, 1.82) is 0 Å². The van der Waals surface area contributed by atoms with E-state index in [0.29, 0.717) is 11.4 Å². The van der Waals surface area contributed by atoms with Crippen molar-refractivity contribution >= 4 is 17.2 Å². The monoisotopic (exact) mass is 393 g/mol. The number of methoxy groups -OCH3 is 1. The fourth-order valence-electron chi connectivity index (χ4n) is 3.07. The average Bonchev–Trinajstić information content (AvgIpc) is 3.14.